The first-order valence-corrected chi connectivity index (χ1v) is 9.83. The van der Waals surface area contributed by atoms with Crippen LogP contribution in [0.5, 0.6) is 0 Å². The average Bonchev–Trinajstić information content (AvgIpc) is 3.30. The molecule has 0 spiro atoms. The van der Waals surface area contributed by atoms with Crippen molar-refractivity contribution in [2.24, 2.45) is 0 Å². The molecule has 1 aromatic heterocycles. The van der Waals surface area contributed by atoms with Crippen LogP contribution in [0.1, 0.15) is 18.0 Å². The van der Waals surface area contributed by atoms with Crippen LogP contribution in [0.3, 0.4) is 0 Å². The van der Waals surface area contributed by atoms with Gasteiger partial charge in [-0.25, -0.2) is 8.42 Å². The van der Waals surface area contributed by atoms with Crippen LogP contribution in [0.2, 0.25) is 0 Å². The van der Waals surface area contributed by atoms with E-state index in [0.717, 1.165) is 5.56 Å². The summed E-state index contributed by atoms with van der Waals surface area (Å²) in [5.74, 6) is 0.0907. The van der Waals surface area contributed by atoms with Crippen molar-refractivity contribution in [1.82, 2.24) is 0 Å². The third-order valence-electron chi connectivity index (χ3n) is 4.63. The predicted octanol–water partition coefficient (Wildman–Crippen LogP) is 3.60. The standard InChI is InChI=1S/C20H17NO4S/c22-18-14-17(26(23,24)16-10-5-2-6-11-16)20(15-8-3-1-4-9-15)21(18)19-12-7-13-25-19/h1-13,17,20H,14H2/t17-,20+/m0/s1. The normalized spacial score (nSPS) is 20.5. The first-order chi connectivity index (χ1) is 12.6. The summed E-state index contributed by atoms with van der Waals surface area (Å²) in [6.45, 7) is 0. The van der Waals surface area contributed by atoms with Gasteiger partial charge in [0.25, 0.3) is 0 Å². The van der Waals surface area contributed by atoms with E-state index in [0.29, 0.717) is 5.88 Å². The van der Waals surface area contributed by atoms with Crippen LogP contribution in [-0.4, -0.2) is 19.6 Å². The lowest BCUT2D eigenvalue weighted by molar-refractivity contribution is -0.117. The van der Waals surface area contributed by atoms with Gasteiger partial charge in [-0.2, -0.15) is 0 Å². The number of hydrogen-bond donors (Lipinski definition) is 0. The van der Waals surface area contributed by atoms with Crippen molar-refractivity contribution in [3.63, 3.8) is 0 Å². The van der Waals surface area contributed by atoms with Crippen LogP contribution >= 0.6 is 0 Å². The molecular formula is C20H17NO4S. The van der Waals surface area contributed by atoms with Gasteiger partial charge in [0.05, 0.1) is 22.5 Å². The summed E-state index contributed by atoms with van der Waals surface area (Å²) < 4.78 is 32.0. The highest BCUT2D eigenvalue weighted by atomic mass is 32.2. The summed E-state index contributed by atoms with van der Waals surface area (Å²) in [6.07, 6.45) is 1.39. The Bertz CT molecular complexity index is 998. The minimum atomic E-state index is -3.70. The zero-order valence-corrected chi connectivity index (χ0v) is 14.7. The smallest absolute Gasteiger partial charge is 0.231 e. The number of furan rings is 1. The van der Waals surface area contributed by atoms with Gasteiger partial charge in [-0.05, 0) is 23.8 Å². The maximum Gasteiger partial charge on any atom is 0.231 e. The van der Waals surface area contributed by atoms with Crippen molar-refractivity contribution < 1.29 is 17.6 Å². The van der Waals surface area contributed by atoms with Crippen molar-refractivity contribution in [2.45, 2.75) is 22.6 Å². The Labute approximate surface area is 151 Å². The second-order valence-electron chi connectivity index (χ2n) is 6.17. The number of hydrogen-bond acceptors (Lipinski definition) is 4. The molecule has 2 aromatic carbocycles. The van der Waals surface area contributed by atoms with Crippen LogP contribution in [0.15, 0.2) is 88.4 Å². The SMILES string of the molecule is O=C1C[C@H](S(=O)(=O)c2ccccc2)[C@@H](c2ccccc2)N1c1ccco1. The van der Waals surface area contributed by atoms with E-state index in [1.165, 1.54) is 11.2 Å². The molecule has 1 aliphatic heterocycles. The summed E-state index contributed by atoms with van der Waals surface area (Å²) in [7, 11) is -3.70. The molecule has 1 amide bonds. The molecule has 26 heavy (non-hydrogen) atoms. The molecule has 2 heterocycles. The van der Waals surface area contributed by atoms with Crippen LogP contribution in [0.4, 0.5) is 5.88 Å². The van der Waals surface area contributed by atoms with Gasteiger partial charge in [-0.1, -0.05) is 48.5 Å². The fourth-order valence-electron chi connectivity index (χ4n) is 3.45. The topological polar surface area (TPSA) is 67.6 Å². The van der Waals surface area contributed by atoms with E-state index in [1.54, 1.807) is 42.5 Å². The fraction of sp³-hybridized carbons (Fsp3) is 0.150. The number of sulfone groups is 1. The van der Waals surface area contributed by atoms with E-state index >= 15 is 0 Å². The summed E-state index contributed by atoms with van der Waals surface area (Å²) in [4.78, 5) is 14.4. The minimum Gasteiger partial charge on any atom is -0.448 e. The third kappa shape index (κ3) is 2.72. The van der Waals surface area contributed by atoms with Crippen LogP contribution in [0, 0.1) is 0 Å². The van der Waals surface area contributed by atoms with Crippen molar-refractivity contribution in [3.8, 4) is 0 Å². The molecule has 2 atom stereocenters. The Morgan fingerprint density at radius 3 is 2.15 bits per heavy atom. The van der Waals surface area contributed by atoms with Crippen molar-refractivity contribution in [3.05, 3.63) is 84.6 Å². The zero-order valence-electron chi connectivity index (χ0n) is 13.9. The fourth-order valence-corrected chi connectivity index (χ4v) is 5.32. The number of rotatable bonds is 4. The molecule has 6 heteroatoms. The largest absolute Gasteiger partial charge is 0.448 e. The number of anilines is 1. The van der Waals surface area contributed by atoms with Gasteiger partial charge in [0, 0.05) is 12.5 Å². The molecule has 0 unspecified atom stereocenters. The second kappa shape index (κ2) is 6.46. The molecule has 1 fully saturated rings. The highest BCUT2D eigenvalue weighted by molar-refractivity contribution is 7.92. The predicted molar refractivity (Wildman–Crippen MR) is 97.4 cm³/mol. The molecule has 0 aliphatic carbocycles. The van der Waals surface area contributed by atoms with Gasteiger partial charge < -0.3 is 4.42 Å². The summed E-state index contributed by atoms with van der Waals surface area (Å²) >= 11 is 0. The second-order valence-corrected chi connectivity index (χ2v) is 8.34. The molecule has 4 rings (SSSR count). The van der Waals surface area contributed by atoms with Gasteiger partial charge in [0.2, 0.25) is 11.8 Å². The lowest BCUT2D eigenvalue weighted by Crippen LogP contribution is -2.32. The average molecular weight is 367 g/mol. The number of amides is 1. The number of carbonyl (C=O) groups excluding carboxylic acids is 1. The Kier molecular flexibility index (Phi) is 4.12. The van der Waals surface area contributed by atoms with Crippen molar-refractivity contribution in [2.75, 3.05) is 4.90 Å². The lowest BCUT2D eigenvalue weighted by Gasteiger charge is -2.26. The molecular weight excluding hydrogens is 350 g/mol. The van der Waals surface area contributed by atoms with Gasteiger partial charge in [0.1, 0.15) is 0 Å². The van der Waals surface area contributed by atoms with E-state index in [1.807, 2.05) is 30.3 Å². The van der Waals surface area contributed by atoms with Crippen LogP contribution in [-0.2, 0) is 14.6 Å². The Morgan fingerprint density at radius 2 is 1.54 bits per heavy atom. The van der Waals surface area contributed by atoms with E-state index in [4.69, 9.17) is 4.42 Å². The van der Waals surface area contributed by atoms with Gasteiger partial charge in [-0.15, -0.1) is 0 Å². The highest BCUT2D eigenvalue weighted by Crippen LogP contribution is 2.42. The monoisotopic (exact) mass is 367 g/mol. The van der Waals surface area contributed by atoms with Gasteiger partial charge in [-0.3, -0.25) is 9.69 Å². The molecule has 132 valence electrons. The molecule has 0 N–H and O–H groups in total. The Balaban J connectivity index is 1.85. The van der Waals surface area contributed by atoms with Crippen molar-refractivity contribution in [1.29, 1.82) is 0 Å². The Hall–Kier alpha value is -2.86. The summed E-state index contributed by atoms with van der Waals surface area (Å²) in [5.41, 5.74) is 0.763. The van der Waals surface area contributed by atoms with Crippen LogP contribution < -0.4 is 4.90 Å². The molecule has 0 radical (unpaired) electrons. The quantitative estimate of drug-likeness (QED) is 0.707. The van der Waals surface area contributed by atoms with E-state index in [-0.39, 0.29) is 17.2 Å². The number of nitrogens with zero attached hydrogens (tertiary/aromatic N) is 1. The minimum absolute atomic E-state index is 0.0858. The highest BCUT2D eigenvalue weighted by Gasteiger charge is 2.49. The summed E-state index contributed by atoms with van der Waals surface area (Å²) in [6, 6.07) is 20.2. The van der Waals surface area contributed by atoms with E-state index in [9.17, 15) is 13.2 Å². The molecule has 5 nitrogen and oxygen atoms in total. The Morgan fingerprint density at radius 1 is 0.885 bits per heavy atom. The maximum absolute atomic E-state index is 13.3. The first-order valence-electron chi connectivity index (χ1n) is 8.28. The van der Waals surface area contributed by atoms with E-state index in [2.05, 4.69) is 0 Å². The van der Waals surface area contributed by atoms with E-state index < -0.39 is 21.1 Å². The maximum atomic E-state index is 13.3. The number of carbonyl (C=O) groups is 1. The zero-order chi connectivity index (χ0) is 18.1. The lowest BCUT2D eigenvalue weighted by atomic mass is 10.0. The van der Waals surface area contributed by atoms with Gasteiger partial charge in [0.15, 0.2) is 9.84 Å². The molecule has 0 saturated carbocycles. The first kappa shape index (κ1) is 16.6. The molecule has 0 bridgehead atoms. The van der Waals surface area contributed by atoms with Crippen molar-refractivity contribution >= 4 is 21.6 Å². The molecule has 3 aromatic rings. The third-order valence-corrected chi connectivity index (χ3v) is 6.78. The molecule has 1 aliphatic rings. The molecule has 1 saturated heterocycles. The van der Waals surface area contributed by atoms with Crippen LogP contribution in [0.25, 0.3) is 0 Å². The summed E-state index contributed by atoms with van der Waals surface area (Å²) in [5, 5.41) is -0.884. The van der Waals surface area contributed by atoms with Gasteiger partial charge >= 0.3 is 0 Å². The number of benzene rings is 2.